The Morgan fingerprint density at radius 2 is 2.00 bits per heavy atom. The molecule has 0 aliphatic carbocycles. The van der Waals surface area contributed by atoms with Gasteiger partial charge in [0.25, 0.3) is 5.91 Å². The van der Waals surface area contributed by atoms with Crippen molar-refractivity contribution in [2.75, 3.05) is 13.7 Å². The lowest BCUT2D eigenvalue weighted by Crippen LogP contribution is -2.20. The van der Waals surface area contributed by atoms with Gasteiger partial charge in [-0.3, -0.25) is 19.8 Å². The maximum Gasteiger partial charge on any atom is 0.253 e. The fraction of sp³-hybridized carbons (Fsp3) is 0.182. The van der Waals surface area contributed by atoms with Crippen LogP contribution < -0.4 is 15.4 Å². The van der Waals surface area contributed by atoms with Gasteiger partial charge in [0.1, 0.15) is 18.2 Å². The van der Waals surface area contributed by atoms with Crippen molar-refractivity contribution >= 4 is 29.4 Å². The predicted molar refractivity (Wildman–Crippen MR) is 117 cm³/mol. The lowest BCUT2D eigenvalue weighted by atomic mass is 10.1. The number of halogens is 2. The number of benzene rings is 1. The van der Waals surface area contributed by atoms with Gasteiger partial charge in [0.15, 0.2) is 0 Å². The van der Waals surface area contributed by atoms with Crippen molar-refractivity contribution in [1.82, 2.24) is 20.6 Å². The Hall–Kier alpha value is -3.36. The Balaban J connectivity index is 1.71. The van der Waals surface area contributed by atoms with Crippen molar-refractivity contribution in [3.63, 3.8) is 0 Å². The molecule has 0 atom stereocenters. The highest BCUT2D eigenvalue weighted by Gasteiger charge is 2.14. The fourth-order valence-corrected chi connectivity index (χ4v) is 2.91. The van der Waals surface area contributed by atoms with Crippen molar-refractivity contribution < 1.29 is 13.9 Å². The summed E-state index contributed by atoms with van der Waals surface area (Å²) in [6.07, 6.45) is 6.55. The summed E-state index contributed by atoms with van der Waals surface area (Å²) < 4.78 is 18.8. The molecule has 0 spiro atoms. The zero-order valence-electron chi connectivity index (χ0n) is 16.8. The van der Waals surface area contributed by atoms with Gasteiger partial charge < -0.3 is 15.4 Å². The van der Waals surface area contributed by atoms with E-state index in [1.165, 1.54) is 24.4 Å². The summed E-state index contributed by atoms with van der Waals surface area (Å²) in [6.45, 7) is 1.13. The molecule has 1 aromatic carbocycles. The molecule has 3 aromatic rings. The number of amides is 1. The number of nitrogens with one attached hydrogen (secondary N) is 2. The molecule has 31 heavy (non-hydrogen) atoms. The van der Waals surface area contributed by atoms with Gasteiger partial charge in [0.05, 0.1) is 22.0 Å². The first kappa shape index (κ1) is 22.3. The van der Waals surface area contributed by atoms with Crippen molar-refractivity contribution in [2.24, 2.45) is 4.99 Å². The smallest absolute Gasteiger partial charge is 0.253 e. The topological polar surface area (TPSA) is 88.5 Å². The second kappa shape index (κ2) is 11.1. The number of pyridine rings is 2. The Labute approximate surface area is 184 Å². The number of carbonyl (C=O) groups is 1. The Morgan fingerprint density at radius 1 is 1.19 bits per heavy atom. The molecular formula is C22H21ClFN5O2. The third-order valence-corrected chi connectivity index (χ3v) is 4.57. The summed E-state index contributed by atoms with van der Waals surface area (Å²) in [5.41, 5.74) is 2.55. The van der Waals surface area contributed by atoms with Crippen LogP contribution in [0.15, 0.2) is 60.0 Å². The van der Waals surface area contributed by atoms with Crippen molar-refractivity contribution in [2.45, 2.75) is 13.1 Å². The first-order valence-electron chi connectivity index (χ1n) is 9.48. The van der Waals surface area contributed by atoms with Crippen LogP contribution in [0.25, 0.3) is 0 Å². The minimum Gasteiger partial charge on any atom is -0.488 e. The monoisotopic (exact) mass is 441 g/mol. The summed E-state index contributed by atoms with van der Waals surface area (Å²) in [5.74, 6) is -0.372. The largest absolute Gasteiger partial charge is 0.488 e. The quantitative estimate of drug-likeness (QED) is 0.494. The molecule has 0 saturated carbocycles. The second-order valence-corrected chi connectivity index (χ2v) is 6.80. The molecule has 1 amide bonds. The molecule has 7 nitrogen and oxygen atoms in total. The van der Waals surface area contributed by atoms with E-state index in [0.29, 0.717) is 35.8 Å². The predicted octanol–water partition coefficient (Wildman–Crippen LogP) is 3.70. The van der Waals surface area contributed by atoms with Gasteiger partial charge in [-0.05, 0) is 35.9 Å². The van der Waals surface area contributed by atoms with E-state index in [-0.39, 0.29) is 17.5 Å². The van der Waals surface area contributed by atoms with Crippen LogP contribution >= 0.6 is 11.6 Å². The van der Waals surface area contributed by atoms with Crippen LogP contribution in [0.2, 0.25) is 5.02 Å². The zero-order chi connectivity index (χ0) is 22.1. The molecule has 0 radical (unpaired) electrons. The number of aliphatic imine (C=N–C) groups is 1. The van der Waals surface area contributed by atoms with Crippen LogP contribution in [-0.4, -0.2) is 35.7 Å². The molecule has 2 heterocycles. The second-order valence-electron chi connectivity index (χ2n) is 6.39. The highest BCUT2D eigenvalue weighted by molar-refractivity contribution is 6.30. The van der Waals surface area contributed by atoms with Crippen molar-refractivity contribution in [3.05, 3.63) is 82.6 Å². The molecule has 0 bridgehead atoms. The number of hydrogen-bond donors (Lipinski definition) is 2. The number of carbonyl (C=O) groups excluding carboxylic acids is 1. The van der Waals surface area contributed by atoms with Crippen LogP contribution in [0.5, 0.6) is 5.75 Å². The van der Waals surface area contributed by atoms with E-state index in [1.807, 2.05) is 12.1 Å². The molecule has 0 aliphatic rings. The molecule has 3 rings (SSSR count). The third kappa shape index (κ3) is 6.31. The van der Waals surface area contributed by atoms with Gasteiger partial charge in [0.2, 0.25) is 0 Å². The number of ether oxygens (including phenoxy) is 1. The van der Waals surface area contributed by atoms with E-state index < -0.39 is 5.82 Å². The molecule has 2 aromatic heterocycles. The molecule has 2 N–H and O–H groups in total. The van der Waals surface area contributed by atoms with Crippen molar-refractivity contribution in [3.8, 4) is 5.75 Å². The first-order chi connectivity index (χ1) is 15.1. The fourth-order valence-electron chi connectivity index (χ4n) is 2.74. The van der Waals surface area contributed by atoms with Crippen LogP contribution in [0.3, 0.4) is 0 Å². The molecule has 9 heteroatoms. The lowest BCUT2D eigenvalue weighted by molar-refractivity contribution is 0.0963. The van der Waals surface area contributed by atoms with Gasteiger partial charge in [-0.25, -0.2) is 4.39 Å². The Kier molecular flexibility index (Phi) is 8.03. The van der Waals surface area contributed by atoms with E-state index in [1.54, 1.807) is 31.7 Å². The number of aromatic nitrogens is 2. The number of rotatable bonds is 9. The van der Waals surface area contributed by atoms with E-state index in [0.717, 1.165) is 5.56 Å². The van der Waals surface area contributed by atoms with E-state index in [2.05, 4.69) is 25.6 Å². The molecule has 0 fully saturated rings. The van der Waals surface area contributed by atoms with E-state index in [4.69, 9.17) is 16.3 Å². The number of hydrogen-bond acceptors (Lipinski definition) is 6. The number of nitrogens with zero attached hydrogens (tertiary/aromatic N) is 3. The highest BCUT2D eigenvalue weighted by Crippen LogP contribution is 2.23. The SMILES string of the molecule is CNC(=O)c1ccnc(CNCc2ccncc2)c1N=CCOc1ccc(F)c(Cl)c1. The van der Waals surface area contributed by atoms with Crippen molar-refractivity contribution in [1.29, 1.82) is 0 Å². The average Bonchev–Trinajstić information content (AvgIpc) is 2.79. The maximum absolute atomic E-state index is 13.2. The van der Waals surface area contributed by atoms with Gasteiger partial charge >= 0.3 is 0 Å². The normalized spacial score (nSPS) is 10.9. The zero-order valence-corrected chi connectivity index (χ0v) is 17.6. The molecular weight excluding hydrogens is 421 g/mol. The van der Waals surface area contributed by atoms with Crippen LogP contribution in [-0.2, 0) is 13.1 Å². The first-order valence-corrected chi connectivity index (χ1v) is 9.86. The van der Waals surface area contributed by atoms with E-state index >= 15 is 0 Å². The Morgan fingerprint density at radius 3 is 2.74 bits per heavy atom. The van der Waals surface area contributed by atoms with Crippen LogP contribution in [0, 0.1) is 5.82 Å². The lowest BCUT2D eigenvalue weighted by Gasteiger charge is -2.11. The minimum absolute atomic E-state index is 0.0221. The van der Waals surface area contributed by atoms with Crippen LogP contribution in [0.1, 0.15) is 21.6 Å². The molecule has 0 saturated heterocycles. The molecule has 160 valence electrons. The molecule has 0 unspecified atom stereocenters. The third-order valence-electron chi connectivity index (χ3n) is 4.28. The van der Waals surface area contributed by atoms with Gasteiger partial charge in [-0.1, -0.05) is 11.6 Å². The summed E-state index contributed by atoms with van der Waals surface area (Å²) in [4.78, 5) is 25.1. The van der Waals surface area contributed by atoms with Crippen LogP contribution in [0.4, 0.5) is 10.1 Å². The minimum atomic E-state index is -0.517. The van der Waals surface area contributed by atoms with Gasteiger partial charge in [0, 0.05) is 51.0 Å². The summed E-state index contributed by atoms with van der Waals surface area (Å²) in [6, 6.07) is 9.53. The van der Waals surface area contributed by atoms with Gasteiger partial charge in [-0.15, -0.1) is 0 Å². The summed E-state index contributed by atoms with van der Waals surface area (Å²) >= 11 is 5.76. The highest BCUT2D eigenvalue weighted by atomic mass is 35.5. The average molecular weight is 442 g/mol. The van der Waals surface area contributed by atoms with E-state index in [9.17, 15) is 9.18 Å². The van der Waals surface area contributed by atoms with Gasteiger partial charge in [-0.2, -0.15) is 0 Å². The molecule has 0 aliphatic heterocycles. The maximum atomic E-state index is 13.2. The standard InChI is InChI=1S/C22H21ClFN5O2/c1-25-22(30)17-6-9-28-20(14-27-13-15-4-7-26-8-5-15)21(17)29-10-11-31-16-2-3-19(24)18(23)12-16/h2-10,12,27H,11,13-14H2,1H3,(H,25,30). The summed E-state index contributed by atoms with van der Waals surface area (Å²) in [5, 5.41) is 5.88. The Bertz CT molecular complexity index is 1060. The summed E-state index contributed by atoms with van der Waals surface area (Å²) in [7, 11) is 1.55.